The Balaban J connectivity index is 1.42. The Hall–Kier alpha value is -3.46. The molecule has 0 saturated carbocycles. The van der Waals surface area contributed by atoms with Gasteiger partial charge in [0.2, 0.25) is 5.76 Å². The quantitative estimate of drug-likeness (QED) is 0.681. The molecule has 0 spiro atoms. The summed E-state index contributed by atoms with van der Waals surface area (Å²) in [7, 11) is 0. The van der Waals surface area contributed by atoms with Crippen molar-refractivity contribution in [1.82, 2.24) is 25.6 Å². The van der Waals surface area contributed by atoms with Crippen molar-refractivity contribution in [3.63, 3.8) is 0 Å². The first-order chi connectivity index (χ1) is 14.1. The Labute approximate surface area is 167 Å². The summed E-state index contributed by atoms with van der Waals surface area (Å²) in [5.74, 6) is -0.194. The van der Waals surface area contributed by atoms with E-state index in [0.717, 1.165) is 11.1 Å². The Kier molecular flexibility index (Phi) is 5.39. The van der Waals surface area contributed by atoms with E-state index in [-0.39, 0.29) is 17.6 Å². The standard InChI is InChI=1S/C20H21N5O4/c1-13-10-17(29-24-13)19(26)21-11-14-2-4-15(5-3-14)18-16(12-22-23-18)20(27)25-6-8-28-9-7-25/h2-5,10,12H,6-9,11H2,1H3,(H,21,26)(H,22,23). The normalized spacial score (nSPS) is 14.0. The van der Waals surface area contributed by atoms with Gasteiger partial charge in [0.25, 0.3) is 11.8 Å². The molecule has 9 heteroatoms. The smallest absolute Gasteiger partial charge is 0.290 e. The van der Waals surface area contributed by atoms with E-state index in [4.69, 9.17) is 9.26 Å². The summed E-state index contributed by atoms with van der Waals surface area (Å²) >= 11 is 0. The van der Waals surface area contributed by atoms with Gasteiger partial charge in [-0.25, -0.2) is 0 Å². The van der Waals surface area contributed by atoms with Crippen molar-refractivity contribution in [1.29, 1.82) is 0 Å². The zero-order chi connectivity index (χ0) is 20.2. The molecule has 29 heavy (non-hydrogen) atoms. The monoisotopic (exact) mass is 395 g/mol. The van der Waals surface area contributed by atoms with Crippen LogP contribution in [0.5, 0.6) is 0 Å². The van der Waals surface area contributed by atoms with Crippen LogP contribution in [-0.4, -0.2) is 58.4 Å². The van der Waals surface area contributed by atoms with Gasteiger partial charge in [0.05, 0.1) is 36.4 Å². The minimum atomic E-state index is -0.318. The third-order valence-electron chi connectivity index (χ3n) is 4.72. The average molecular weight is 395 g/mol. The molecular weight excluding hydrogens is 374 g/mol. The highest BCUT2D eigenvalue weighted by Crippen LogP contribution is 2.23. The van der Waals surface area contributed by atoms with Crippen LogP contribution in [0, 0.1) is 6.92 Å². The molecule has 2 N–H and O–H groups in total. The van der Waals surface area contributed by atoms with Crippen LogP contribution in [0.1, 0.15) is 32.2 Å². The number of nitrogens with zero attached hydrogens (tertiary/aromatic N) is 3. The largest absolute Gasteiger partial charge is 0.378 e. The minimum Gasteiger partial charge on any atom is -0.378 e. The van der Waals surface area contributed by atoms with Gasteiger partial charge in [-0.2, -0.15) is 5.10 Å². The van der Waals surface area contributed by atoms with Crippen molar-refractivity contribution in [2.24, 2.45) is 0 Å². The summed E-state index contributed by atoms with van der Waals surface area (Å²) < 4.78 is 10.3. The van der Waals surface area contributed by atoms with Crippen molar-refractivity contribution in [2.45, 2.75) is 13.5 Å². The van der Waals surface area contributed by atoms with Gasteiger partial charge in [-0.15, -0.1) is 0 Å². The second kappa shape index (κ2) is 8.27. The summed E-state index contributed by atoms with van der Waals surface area (Å²) in [6.07, 6.45) is 1.56. The molecule has 1 aliphatic heterocycles. The molecule has 1 fully saturated rings. The highest BCUT2D eigenvalue weighted by Gasteiger charge is 2.23. The Bertz CT molecular complexity index is 1000. The van der Waals surface area contributed by atoms with Crippen LogP contribution in [0.2, 0.25) is 0 Å². The Morgan fingerprint density at radius 2 is 1.97 bits per heavy atom. The van der Waals surface area contributed by atoms with Crippen molar-refractivity contribution in [3.8, 4) is 11.3 Å². The topological polar surface area (TPSA) is 113 Å². The third kappa shape index (κ3) is 4.19. The molecule has 0 bridgehead atoms. The van der Waals surface area contributed by atoms with Crippen molar-refractivity contribution in [3.05, 3.63) is 59.1 Å². The predicted octanol–water partition coefficient (Wildman–Crippen LogP) is 1.78. The van der Waals surface area contributed by atoms with E-state index >= 15 is 0 Å². The van der Waals surface area contributed by atoms with E-state index in [1.54, 1.807) is 24.1 Å². The van der Waals surface area contributed by atoms with Gasteiger partial charge in [-0.1, -0.05) is 29.4 Å². The van der Waals surface area contributed by atoms with Crippen molar-refractivity contribution < 1.29 is 18.8 Å². The van der Waals surface area contributed by atoms with Crippen LogP contribution in [0.3, 0.4) is 0 Å². The summed E-state index contributed by atoms with van der Waals surface area (Å²) in [6.45, 7) is 4.35. The molecule has 3 aromatic rings. The number of benzene rings is 1. The number of hydrogen-bond donors (Lipinski definition) is 2. The molecule has 2 aromatic heterocycles. The molecule has 3 heterocycles. The first-order valence-electron chi connectivity index (χ1n) is 9.33. The Morgan fingerprint density at radius 3 is 2.66 bits per heavy atom. The van der Waals surface area contributed by atoms with Crippen LogP contribution < -0.4 is 5.32 Å². The fourth-order valence-electron chi connectivity index (χ4n) is 3.13. The molecule has 150 valence electrons. The van der Waals surface area contributed by atoms with Crippen LogP contribution >= 0.6 is 0 Å². The number of aryl methyl sites for hydroxylation is 1. The number of morpholine rings is 1. The van der Waals surface area contributed by atoms with E-state index in [9.17, 15) is 9.59 Å². The van der Waals surface area contributed by atoms with Crippen LogP contribution in [0.4, 0.5) is 0 Å². The van der Waals surface area contributed by atoms with Gasteiger partial charge in [0.15, 0.2) is 0 Å². The van der Waals surface area contributed by atoms with Crippen molar-refractivity contribution in [2.75, 3.05) is 26.3 Å². The fourth-order valence-corrected chi connectivity index (χ4v) is 3.13. The summed E-state index contributed by atoms with van der Waals surface area (Å²) in [5, 5.41) is 13.5. The molecule has 0 radical (unpaired) electrons. The maximum atomic E-state index is 12.8. The number of carbonyl (C=O) groups is 2. The SMILES string of the molecule is Cc1cc(C(=O)NCc2ccc(-c3[nH]ncc3C(=O)N3CCOCC3)cc2)on1. The summed E-state index contributed by atoms with van der Waals surface area (Å²) in [6, 6.07) is 9.16. The first kappa shape index (κ1) is 18.9. The average Bonchev–Trinajstić information content (AvgIpc) is 3.42. The summed E-state index contributed by atoms with van der Waals surface area (Å²) in [5.41, 5.74) is 3.63. The van der Waals surface area contributed by atoms with Crippen molar-refractivity contribution >= 4 is 11.8 Å². The molecule has 4 rings (SSSR count). The minimum absolute atomic E-state index is 0.0595. The molecule has 9 nitrogen and oxygen atoms in total. The molecule has 0 unspecified atom stereocenters. The molecule has 2 amide bonds. The van der Waals surface area contributed by atoms with Gasteiger partial charge in [0.1, 0.15) is 0 Å². The lowest BCUT2D eigenvalue weighted by molar-refractivity contribution is 0.0303. The molecule has 1 saturated heterocycles. The molecule has 0 atom stereocenters. The molecular formula is C20H21N5O4. The van der Waals surface area contributed by atoms with Gasteiger partial charge >= 0.3 is 0 Å². The Morgan fingerprint density at radius 1 is 1.21 bits per heavy atom. The number of carbonyl (C=O) groups excluding carboxylic acids is 2. The van der Waals surface area contributed by atoms with E-state index in [0.29, 0.717) is 49.8 Å². The number of nitrogens with one attached hydrogen (secondary N) is 2. The molecule has 1 aliphatic rings. The van der Waals surface area contributed by atoms with Crippen LogP contribution in [-0.2, 0) is 11.3 Å². The van der Waals surface area contributed by atoms with Gasteiger partial charge in [0, 0.05) is 31.3 Å². The highest BCUT2D eigenvalue weighted by atomic mass is 16.5. The summed E-state index contributed by atoms with van der Waals surface area (Å²) in [4.78, 5) is 26.6. The van der Waals surface area contributed by atoms with E-state index in [1.165, 1.54) is 0 Å². The van der Waals surface area contributed by atoms with E-state index < -0.39 is 0 Å². The second-order valence-electron chi connectivity index (χ2n) is 6.78. The lowest BCUT2D eigenvalue weighted by Crippen LogP contribution is -2.40. The maximum absolute atomic E-state index is 12.8. The number of rotatable bonds is 5. The number of amides is 2. The van der Waals surface area contributed by atoms with Crippen LogP contribution in [0.25, 0.3) is 11.3 Å². The highest BCUT2D eigenvalue weighted by molar-refractivity contribution is 5.99. The maximum Gasteiger partial charge on any atom is 0.290 e. The number of H-pyrrole nitrogens is 1. The third-order valence-corrected chi connectivity index (χ3v) is 4.72. The number of ether oxygens (including phenoxy) is 1. The van der Waals surface area contributed by atoms with E-state index in [2.05, 4.69) is 20.7 Å². The van der Waals surface area contributed by atoms with Gasteiger partial charge < -0.3 is 19.5 Å². The van der Waals surface area contributed by atoms with E-state index in [1.807, 2.05) is 24.3 Å². The number of aromatic amines is 1. The number of aromatic nitrogens is 3. The predicted molar refractivity (Wildman–Crippen MR) is 103 cm³/mol. The molecule has 1 aromatic carbocycles. The van der Waals surface area contributed by atoms with Gasteiger partial charge in [-0.3, -0.25) is 14.7 Å². The fraction of sp³-hybridized carbons (Fsp3) is 0.300. The first-order valence-corrected chi connectivity index (χ1v) is 9.33. The van der Waals surface area contributed by atoms with Crippen LogP contribution in [0.15, 0.2) is 41.1 Å². The second-order valence-corrected chi connectivity index (χ2v) is 6.78. The van der Waals surface area contributed by atoms with Gasteiger partial charge in [-0.05, 0) is 12.5 Å². The lowest BCUT2D eigenvalue weighted by Gasteiger charge is -2.26. The molecule has 0 aliphatic carbocycles. The zero-order valence-electron chi connectivity index (χ0n) is 16.0. The zero-order valence-corrected chi connectivity index (χ0v) is 16.0. The number of hydrogen-bond acceptors (Lipinski definition) is 6. The lowest BCUT2D eigenvalue weighted by atomic mass is 10.0.